The first-order chi connectivity index (χ1) is 8.54. The van der Waals surface area contributed by atoms with Crippen LogP contribution in [-0.2, 0) is 14.3 Å². The van der Waals surface area contributed by atoms with Crippen molar-refractivity contribution < 1.29 is 19.4 Å². The molecule has 0 saturated carbocycles. The number of ether oxygens (including phenoxy) is 1. The summed E-state index contributed by atoms with van der Waals surface area (Å²) < 4.78 is 4.72. The maximum Gasteiger partial charge on any atom is 0.316 e. The van der Waals surface area contributed by atoms with Crippen LogP contribution in [0.4, 0.5) is 5.69 Å². The van der Waals surface area contributed by atoms with Gasteiger partial charge in [-0.05, 0) is 19.1 Å². The summed E-state index contributed by atoms with van der Waals surface area (Å²) in [6, 6.07) is 7.07. The van der Waals surface area contributed by atoms with Crippen LogP contribution < -0.4 is 5.32 Å². The second kappa shape index (κ2) is 7.03. The van der Waals surface area contributed by atoms with Gasteiger partial charge in [0.2, 0.25) is 5.91 Å². The molecule has 0 fully saturated rings. The highest BCUT2D eigenvalue weighted by Gasteiger charge is 2.15. The Hall–Kier alpha value is -1.53. The molecule has 0 heterocycles. The minimum atomic E-state index is -0.891. The van der Waals surface area contributed by atoms with Crippen molar-refractivity contribution in [2.75, 3.05) is 19.0 Å². The number of hydrogen-bond donors (Lipinski definition) is 2. The molecule has 5 nitrogen and oxygen atoms in total. The molecule has 1 aromatic carbocycles. The smallest absolute Gasteiger partial charge is 0.316 e. The molecule has 0 bridgehead atoms. The number of hydrogen-bond acceptors (Lipinski definition) is 4. The normalized spacial score (nSPS) is 11.9. The number of carboxylic acids is 1. The Morgan fingerprint density at radius 1 is 1.44 bits per heavy atom. The molecule has 6 heteroatoms. The zero-order valence-corrected chi connectivity index (χ0v) is 11.0. The SMILES string of the molecule is COCC(=O)Nc1ccccc1S[C@H](C)C(=O)O. The highest BCUT2D eigenvalue weighted by molar-refractivity contribution is 8.00. The topological polar surface area (TPSA) is 75.6 Å². The molecular formula is C12H15NO4S. The van der Waals surface area contributed by atoms with Crippen molar-refractivity contribution in [1.82, 2.24) is 0 Å². The van der Waals surface area contributed by atoms with Gasteiger partial charge in [0, 0.05) is 12.0 Å². The highest BCUT2D eigenvalue weighted by Crippen LogP contribution is 2.30. The Labute approximate surface area is 110 Å². The second-order valence-electron chi connectivity index (χ2n) is 3.58. The van der Waals surface area contributed by atoms with E-state index in [1.165, 1.54) is 18.9 Å². The summed E-state index contributed by atoms with van der Waals surface area (Å²) in [6.07, 6.45) is 0. The summed E-state index contributed by atoms with van der Waals surface area (Å²) in [5.41, 5.74) is 0.595. The van der Waals surface area contributed by atoms with E-state index in [1.54, 1.807) is 31.2 Å². The molecule has 0 unspecified atom stereocenters. The molecule has 1 rings (SSSR count). The van der Waals surface area contributed by atoms with Gasteiger partial charge in [-0.15, -0.1) is 11.8 Å². The van der Waals surface area contributed by atoms with Crippen LogP contribution in [0.15, 0.2) is 29.2 Å². The third-order valence-corrected chi connectivity index (χ3v) is 3.25. The summed E-state index contributed by atoms with van der Waals surface area (Å²) in [6.45, 7) is 1.56. The minimum absolute atomic E-state index is 0.0342. The molecule has 0 spiro atoms. The summed E-state index contributed by atoms with van der Waals surface area (Å²) >= 11 is 1.18. The average molecular weight is 269 g/mol. The van der Waals surface area contributed by atoms with Crippen LogP contribution in [0, 0.1) is 0 Å². The molecule has 0 aliphatic carbocycles. The number of carboxylic acid groups (broad SMARTS) is 1. The van der Waals surface area contributed by atoms with Crippen LogP contribution in [0.25, 0.3) is 0 Å². The van der Waals surface area contributed by atoms with E-state index < -0.39 is 11.2 Å². The molecule has 1 atom stereocenters. The number of benzene rings is 1. The monoisotopic (exact) mass is 269 g/mol. The fraction of sp³-hybridized carbons (Fsp3) is 0.333. The van der Waals surface area contributed by atoms with E-state index in [-0.39, 0.29) is 12.5 Å². The number of thioether (sulfide) groups is 1. The second-order valence-corrected chi connectivity index (χ2v) is 4.96. The minimum Gasteiger partial charge on any atom is -0.480 e. The quantitative estimate of drug-likeness (QED) is 0.771. The number of rotatable bonds is 6. The molecule has 18 heavy (non-hydrogen) atoms. The van der Waals surface area contributed by atoms with Gasteiger partial charge in [-0.1, -0.05) is 12.1 Å². The summed E-state index contributed by atoms with van der Waals surface area (Å²) in [5.74, 6) is -1.16. The number of amides is 1. The number of anilines is 1. The van der Waals surface area contributed by atoms with Crippen molar-refractivity contribution in [2.45, 2.75) is 17.1 Å². The van der Waals surface area contributed by atoms with E-state index >= 15 is 0 Å². The highest BCUT2D eigenvalue weighted by atomic mass is 32.2. The van der Waals surface area contributed by atoms with Gasteiger partial charge in [0.05, 0.1) is 5.69 Å². The third kappa shape index (κ3) is 4.38. The molecule has 0 radical (unpaired) electrons. The number of carbonyl (C=O) groups is 2. The molecule has 0 saturated heterocycles. The lowest BCUT2D eigenvalue weighted by Gasteiger charge is -2.12. The first-order valence-corrected chi connectivity index (χ1v) is 6.20. The third-order valence-electron chi connectivity index (χ3n) is 2.09. The van der Waals surface area contributed by atoms with E-state index in [2.05, 4.69) is 5.32 Å². The van der Waals surface area contributed by atoms with E-state index in [0.717, 1.165) is 4.90 Å². The molecule has 1 aromatic rings. The van der Waals surface area contributed by atoms with Crippen LogP contribution in [0.2, 0.25) is 0 Å². The van der Waals surface area contributed by atoms with Gasteiger partial charge in [-0.25, -0.2) is 0 Å². The molecule has 1 amide bonds. The number of methoxy groups -OCH3 is 1. The lowest BCUT2D eigenvalue weighted by atomic mass is 10.3. The van der Waals surface area contributed by atoms with Gasteiger partial charge >= 0.3 is 5.97 Å². The lowest BCUT2D eigenvalue weighted by Crippen LogP contribution is -2.18. The summed E-state index contributed by atoms with van der Waals surface area (Å²) in [4.78, 5) is 23.0. The first-order valence-electron chi connectivity index (χ1n) is 5.32. The summed E-state index contributed by atoms with van der Waals surface area (Å²) in [7, 11) is 1.44. The number of aliphatic carboxylic acids is 1. The van der Waals surface area contributed by atoms with Gasteiger partial charge in [0.1, 0.15) is 11.9 Å². The zero-order chi connectivity index (χ0) is 13.5. The zero-order valence-electron chi connectivity index (χ0n) is 10.2. The maximum absolute atomic E-state index is 11.4. The van der Waals surface area contributed by atoms with E-state index in [1.807, 2.05) is 0 Å². The molecule has 98 valence electrons. The molecule has 2 N–H and O–H groups in total. The van der Waals surface area contributed by atoms with Crippen molar-refractivity contribution in [3.63, 3.8) is 0 Å². The Kier molecular flexibility index (Phi) is 5.67. The lowest BCUT2D eigenvalue weighted by molar-refractivity contribution is -0.136. The molecule has 0 aliphatic rings. The maximum atomic E-state index is 11.4. The van der Waals surface area contributed by atoms with Gasteiger partial charge in [0.15, 0.2) is 0 Å². The number of para-hydroxylation sites is 1. The van der Waals surface area contributed by atoms with Crippen LogP contribution in [-0.4, -0.2) is 35.9 Å². The fourth-order valence-electron chi connectivity index (χ4n) is 1.23. The largest absolute Gasteiger partial charge is 0.480 e. The van der Waals surface area contributed by atoms with Gasteiger partial charge in [-0.3, -0.25) is 9.59 Å². The number of nitrogens with one attached hydrogen (secondary N) is 1. The van der Waals surface area contributed by atoms with E-state index in [4.69, 9.17) is 9.84 Å². The standard InChI is InChI=1S/C12H15NO4S/c1-8(12(15)16)18-10-6-4-3-5-9(10)13-11(14)7-17-2/h3-6,8H,7H2,1-2H3,(H,13,14)(H,15,16)/t8-/m1/s1. The van der Waals surface area contributed by atoms with Gasteiger partial charge in [0.25, 0.3) is 0 Å². The van der Waals surface area contributed by atoms with Crippen molar-refractivity contribution in [1.29, 1.82) is 0 Å². The number of carbonyl (C=O) groups excluding carboxylic acids is 1. The van der Waals surface area contributed by atoms with E-state index in [9.17, 15) is 9.59 Å². The Morgan fingerprint density at radius 3 is 2.72 bits per heavy atom. The van der Waals surface area contributed by atoms with E-state index in [0.29, 0.717) is 5.69 Å². The first kappa shape index (κ1) is 14.5. The predicted molar refractivity (Wildman–Crippen MR) is 69.9 cm³/mol. The average Bonchev–Trinajstić information content (AvgIpc) is 2.31. The Balaban J connectivity index is 2.79. The Morgan fingerprint density at radius 2 is 2.11 bits per heavy atom. The van der Waals surface area contributed by atoms with Crippen molar-refractivity contribution in [3.8, 4) is 0 Å². The molecule has 0 aromatic heterocycles. The van der Waals surface area contributed by atoms with Gasteiger partial charge in [-0.2, -0.15) is 0 Å². The molecule has 0 aliphatic heterocycles. The predicted octanol–water partition coefficient (Wildman–Crippen LogP) is 1.84. The van der Waals surface area contributed by atoms with Crippen LogP contribution >= 0.6 is 11.8 Å². The van der Waals surface area contributed by atoms with Crippen molar-refractivity contribution in [2.24, 2.45) is 0 Å². The Bertz CT molecular complexity index is 436. The van der Waals surface area contributed by atoms with Crippen LogP contribution in [0.1, 0.15) is 6.92 Å². The fourth-order valence-corrected chi connectivity index (χ4v) is 2.12. The molecular weight excluding hydrogens is 254 g/mol. The van der Waals surface area contributed by atoms with Gasteiger partial charge < -0.3 is 15.2 Å². The van der Waals surface area contributed by atoms with Crippen molar-refractivity contribution in [3.05, 3.63) is 24.3 Å². The summed E-state index contributed by atoms with van der Waals surface area (Å²) in [5, 5.41) is 11.0. The van der Waals surface area contributed by atoms with Crippen molar-refractivity contribution >= 4 is 29.3 Å². The van der Waals surface area contributed by atoms with Crippen LogP contribution in [0.3, 0.4) is 0 Å². The van der Waals surface area contributed by atoms with Crippen LogP contribution in [0.5, 0.6) is 0 Å².